The van der Waals surface area contributed by atoms with Crippen LogP contribution in [-0.2, 0) is 0 Å². The molecule has 3 aliphatic rings. The van der Waals surface area contributed by atoms with E-state index in [1.54, 1.807) is 5.92 Å². The summed E-state index contributed by atoms with van der Waals surface area (Å²) in [6.45, 7) is 4.62. The fourth-order valence-electron chi connectivity index (χ4n) is 5.80. The summed E-state index contributed by atoms with van der Waals surface area (Å²) in [6.07, 6.45) is 17.1. The van der Waals surface area contributed by atoms with Crippen molar-refractivity contribution in [2.45, 2.75) is 90.9 Å². The molecule has 4 rings (SSSR count). The molecule has 3 aliphatic carbocycles. The van der Waals surface area contributed by atoms with Gasteiger partial charge in [-0.05, 0) is 106 Å². The first-order valence-corrected chi connectivity index (χ1v) is 11.3. The molecule has 0 aromatic heterocycles. The third-order valence-electron chi connectivity index (χ3n) is 7.75. The molecule has 0 saturated heterocycles. The topological polar surface area (TPSA) is 0 Å². The van der Waals surface area contributed by atoms with Gasteiger partial charge in [-0.25, -0.2) is 0 Å². The fourth-order valence-corrected chi connectivity index (χ4v) is 5.80. The second-order valence-corrected chi connectivity index (χ2v) is 9.52. The average molecular weight is 350 g/mol. The first-order chi connectivity index (χ1) is 12.7. The van der Waals surface area contributed by atoms with Crippen LogP contribution in [0.5, 0.6) is 0 Å². The summed E-state index contributed by atoms with van der Waals surface area (Å²) in [5.41, 5.74) is 2.88. The molecule has 141 valence electrons. The predicted molar refractivity (Wildman–Crippen MR) is 112 cm³/mol. The molecule has 0 atom stereocenters. The third-order valence-corrected chi connectivity index (χ3v) is 7.75. The van der Waals surface area contributed by atoms with Gasteiger partial charge in [0.15, 0.2) is 0 Å². The normalized spacial score (nSPS) is 26.4. The molecule has 1 aromatic carbocycles. The lowest BCUT2D eigenvalue weighted by Gasteiger charge is -2.40. The van der Waals surface area contributed by atoms with E-state index in [4.69, 9.17) is 0 Å². The summed E-state index contributed by atoms with van der Waals surface area (Å²) in [7, 11) is 0. The van der Waals surface area contributed by atoms with Crippen LogP contribution in [0.15, 0.2) is 24.3 Å². The summed E-state index contributed by atoms with van der Waals surface area (Å²) in [6, 6.07) is 9.22. The average Bonchev–Trinajstić information content (AvgIpc) is 2.70. The number of hydrogen-bond acceptors (Lipinski definition) is 0. The monoisotopic (exact) mass is 349 g/mol. The van der Waals surface area contributed by atoms with Crippen molar-refractivity contribution >= 4 is 0 Å². The smallest absolute Gasteiger partial charge is 0.00500 e. The molecular formula is C26H37. The third kappa shape index (κ3) is 4.37. The van der Waals surface area contributed by atoms with Crippen molar-refractivity contribution in [3.05, 3.63) is 53.1 Å². The highest BCUT2D eigenvalue weighted by Crippen LogP contribution is 2.48. The molecule has 0 bridgehead atoms. The minimum atomic E-state index is 0.932. The predicted octanol–water partition coefficient (Wildman–Crippen LogP) is 7.66. The molecule has 0 aliphatic heterocycles. The van der Waals surface area contributed by atoms with Gasteiger partial charge in [0.1, 0.15) is 0 Å². The highest BCUT2D eigenvalue weighted by atomic mass is 14.4. The molecular weight excluding hydrogens is 312 g/mol. The van der Waals surface area contributed by atoms with E-state index < -0.39 is 0 Å². The van der Waals surface area contributed by atoms with Crippen LogP contribution in [-0.4, -0.2) is 0 Å². The van der Waals surface area contributed by atoms with Crippen LogP contribution in [0, 0.1) is 42.4 Å². The van der Waals surface area contributed by atoms with Gasteiger partial charge >= 0.3 is 0 Å². The van der Waals surface area contributed by atoms with E-state index in [9.17, 15) is 0 Å². The van der Waals surface area contributed by atoms with Crippen LogP contribution in [0.4, 0.5) is 0 Å². The lowest BCUT2D eigenvalue weighted by atomic mass is 9.65. The van der Waals surface area contributed by atoms with Gasteiger partial charge in [0.25, 0.3) is 0 Å². The maximum absolute atomic E-state index is 2.44. The van der Waals surface area contributed by atoms with Crippen LogP contribution in [0.25, 0.3) is 0 Å². The zero-order valence-electron chi connectivity index (χ0n) is 17.0. The Balaban J connectivity index is 1.23. The van der Waals surface area contributed by atoms with Crippen LogP contribution in [0.1, 0.15) is 95.1 Å². The first-order valence-electron chi connectivity index (χ1n) is 11.3. The van der Waals surface area contributed by atoms with Gasteiger partial charge in [-0.15, -0.1) is 0 Å². The van der Waals surface area contributed by atoms with E-state index in [0.29, 0.717) is 0 Å². The summed E-state index contributed by atoms with van der Waals surface area (Å²) in [5, 5.41) is 0. The molecule has 0 heterocycles. The van der Waals surface area contributed by atoms with Crippen molar-refractivity contribution < 1.29 is 0 Å². The molecule has 0 unspecified atom stereocenters. The Hall–Kier alpha value is -0.780. The van der Waals surface area contributed by atoms with Crippen molar-refractivity contribution in [2.24, 2.45) is 17.8 Å². The van der Waals surface area contributed by atoms with Crippen LogP contribution >= 0.6 is 0 Å². The number of aryl methyl sites for hydroxylation is 1. The first kappa shape index (κ1) is 18.6. The Bertz CT molecular complexity index is 532. The maximum atomic E-state index is 2.44. The summed E-state index contributed by atoms with van der Waals surface area (Å²) in [5.74, 6) is 8.48. The number of benzene rings is 1. The molecule has 0 spiro atoms. The van der Waals surface area contributed by atoms with E-state index in [1.807, 2.05) is 11.8 Å². The Morgan fingerprint density at radius 3 is 1.62 bits per heavy atom. The Morgan fingerprint density at radius 2 is 1.08 bits per heavy atom. The molecule has 0 nitrogen and oxygen atoms in total. The van der Waals surface area contributed by atoms with Gasteiger partial charge in [-0.3, -0.25) is 0 Å². The van der Waals surface area contributed by atoms with Gasteiger partial charge in [0.05, 0.1) is 0 Å². The van der Waals surface area contributed by atoms with Crippen molar-refractivity contribution in [2.75, 3.05) is 0 Å². The lowest BCUT2D eigenvalue weighted by molar-refractivity contribution is 0.270. The molecule has 3 fully saturated rings. The molecule has 1 aromatic rings. The zero-order chi connectivity index (χ0) is 17.9. The second-order valence-electron chi connectivity index (χ2n) is 9.52. The van der Waals surface area contributed by atoms with E-state index in [1.165, 1.54) is 88.2 Å². The lowest BCUT2D eigenvalue weighted by Crippen LogP contribution is -2.27. The Morgan fingerprint density at radius 1 is 0.615 bits per heavy atom. The summed E-state index contributed by atoms with van der Waals surface area (Å²) >= 11 is 0. The molecule has 3 saturated carbocycles. The van der Waals surface area contributed by atoms with Gasteiger partial charge in [0, 0.05) is 5.92 Å². The standard InChI is InChI=1S/C26H37/c1-19-3-7-21(8-4-19)23-11-15-25(16-12-23)26-17-13-24(14-18-26)22-9-5-20(2)6-10-22/h3-4,7-8,20,24-25H,5-6,9-18H2,1-2H3. The van der Waals surface area contributed by atoms with Gasteiger partial charge in [-0.2, -0.15) is 0 Å². The van der Waals surface area contributed by atoms with E-state index >= 15 is 0 Å². The van der Waals surface area contributed by atoms with Gasteiger partial charge < -0.3 is 0 Å². The van der Waals surface area contributed by atoms with E-state index in [0.717, 1.165) is 17.8 Å². The second kappa shape index (κ2) is 8.49. The fraction of sp³-hybridized carbons (Fsp3) is 0.654. The van der Waals surface area contributed by atoms with E-state index in [2.05, 4.69) is 38.1 Å². The molecule has 0 heteroatoms. The van der Waals surface area contributed by atoms with Crippen LogP contribution < -0.4 is 0 Å². The zero-order valence-corrected chi connectivity index (χ0v) is 17.0. The molecule has 3 radical (unpaired) electrons. The number of rotatable bonds is 3. The quantitative estimate of drug-likeness (QED) is 0.525. The van der Waals surface area contributed by atoms with Crippen molar-refractivity contribution in [3.8, 4) is 0 Å². The van der Waals surface area contributed by atoms with Crippen molar-refractivity contribution in [1.82, 2.24) is 0 Å². The van der Waals surface area contributed by atoms with Crippen LogP contribution in [0.2, 0.25) is 0 Å². The van der Waals surface area contributed by atoms with Crippen LogP contribution in [0.3, 0.4) is 0 Å². The van der Waals surface area contributed by atoms with Crippen molar-refractivity contribution in [1.29, 1.82) is 0 Å². The summed E-state index contributed by atoms with van der Waals surface area (Å²) < 4.78 is 0. The molecule has 26 heavy (non-hydrogen) atoms. The van der Waals surface area contributed by atoms with Gasteiger partial charge in [-0.1, -0.05) is 49.6 Å². The van der Waals surface area contributed by atoms with Gasteiger partial charge in [0.2, 0.25) is 0 Å². The Labute approximate surface area is 162 Å². The Kier molecular flexibility index (Phi) is 6.07. The maximum Gasteiger partial charge on any atom is 0.00500 e. The SMILES string of the molecule is Cc1ccc([C]2CCC([C]3CCC([C]4CCC(C)CC4)CC3)CC2)cc1. The minimum absolute atomic E-state index is 0.932. The molecule has 0 N–H and O–H groups in total. The highest BCUT2D eigenvalue weighted by Gasteiger charge is 2.35. The molecule has 0 amide bonds. The highest BCUT2D eigenvalue weighted by molar-refractivity contribution is 5.33. The largest absolute Gasteiger partial charge is 0.0625 e. The minimum Gasteiger partial charge on any atom is -0.0625 e. The van der Waals surface area contributed by atoms with Crippen molar-refractivity contribution in [3.63, 3.8) is 0 Å². The van der Waals surface area contributed by atoms with E-state index in [-0.39, 0.29) is 0 Å². The number of hydrogen-bond donors (Lipinski definition) is 0. The summed E-state index contributed by atoms with van der Waals surface area (Å²) in [4.78, 5) is 0.